The summed E-state index contributed by atoms with van der Waals surface area (Å²) >= 11 is 0. The van der Waals surface area contributed by atoms with Crippen molar-refractivity contribution in [1.82, 2.24) is 0 Å². The predicted octanol–water partition coefficient (Wildman–Crippen LogP) is 11.5. The average Bonchev–Trinajstić information content (AvgIpc) is 3.23. The molecule has 0 rings (SSSR count). The summed E-state index contributed by atoms with van der Waals surface area (Å²) in [4.78, 5) is 37.8. The molecule has 0 aliphatic rings. The summed E-state index contributed by atoms with van der Waals surface area (Å²) in [7, 11) is 0. The minimum Gasteiger partial charge on any atom is -0.462 e. The van der Waals surface area contributed by atoms with E-state index in [2.05, 4.69) is 13.8 Å². The molecule has 5 atom stereocenters. The number of aliphatic hydroxyl groups excluding tert-OH is 4. The van der Waals surface area contributed by atoms with Crippen molar-refractivity contribution < 1.29 is 49.0 Å². The third kappa shape index (κ3) is 38.9. The maximum Gasteiger partial charge on any atom is 0.306 e. The van der Waals surface area contributed by atoms with E-state index in [9.17, 15) is 34.8 Å². The first-order valence-electron chi connectivity index (χ1n) is 24.9. The second-order valence-electron chi connectivity index (χ2n) is 17.3. The number of hydrogen-bond acceptors (Lipinski definition) is 10. The molecule has 0 bridgehead atoms. The van der Waals surface area contributed by atoms with E-state index in [1.54, 1.807) is 0 Å². The normalized spacial score (nSPS) is 14.1. The molecule has 5 unspecified atom stereocenters. The van der Waals surface area contributed by atoms with Crippen LogP contribution in [0.2, 0.25) is 0 Å². The van der Waals surface area contributed by atoms with Gasteiger partial charge in [0, 0.05) is 19.3 Å². The van der Waals surface area contributed by atoms with E-state index >= 15 is 0 Å². The molecular formula is C49H94O10. The summed E-state index contributed by atoms with van der Waals surface area (Å²) in [5, 5.41) is 40.1. The second-order valence-corrected chi connectivity index (χ2v) is 17.3. The van der Waals surface area contributed by atoms with E-state index in [0.717, 1.165) is 83.5 Å². The van der Waals surface area contributed by atoms with Gasteiger partial charge in [0.2, 0.25) is 0 Å². The number of ether oxygens (including phenoxy) is 3. The van der Waals surface area contributed by atoms with Crippen LogP contribution >= 0.6 is 0 Å². The van der Waals surface area contributed by atoms with Gasteiger partial charge in [0.15, 0.2) is 6.10 Å². The molecular weight excluding hydrogens is 749 g/mol. The van der Waals surface area contributed by atoms with Crippen molar-refractivity contribution in [2.45, 2.75) is 282 Å². The van der Waals surface area contributed by atoms with Crippen molar-refractivity contribution in [2.75, 3.05) is 13.2 Å². The number of hydrogen-bond donors (Lipinski definition) is 4. The molecule has 0 saturated carbocycles. The van der Waals surface area contributed by atoms with Gasteiger partial charge in [0.1, 0.15) is 13.2 Å². The Labute approximate surface area is 361 Å². The highest BCUT2D eigenvalue weighted by Gasteiger charge is 2.20. The minimum absolute atomic E-state index is 0.159. The highest BCUT2D eigenvalue weighted by atomic mass is 16.6. The lowest BCUT2D eigenvalue weighted by molar-refractivity contribution is -0.167. The highest BCUT2D eigenvalue weighted by Crippen LogP contribution is 2.17. The maximum atomic E-state index is 12.8. The highest BCUT2D eigenvalue weighted by molar-refractivity contribution is 5.71. The molecule has 0 heterocycles. The van der Waals surface area contributed by atoms with Crippen LogP contribution in [-0.2, 0) is 28.6 Å². The molecule has 10 nitrogen and oxygen atoms in total. The molecule has 0 aromatic carbocycles. The minimum atomic E-state index is -0.856. The van der Waals surface area contributed by atoms with Gasteiger partial charge in [0.25, 0.3) is 0 Å². The third-order valence-electron chi connectivity index (χ3n) is 11.6. The van der Waals surface area contributed by atoms with Crippen molar-refractivity contribution >= 4 is 17.9 Å². The predicted molar refractivity (Wildman–Crippen MR) is 239 cm³/mol. The second kappa shape index (κ2) is 42.9. The zero-order valence-corrected chi connectivity index (χ0v) is 38.5. The van der Waals surface area contributed by atoms with E-state index in [1.165, 1.54) is 89.9 Å². The summed E-state index contributed by atoms with van der Waals surface area (Å²) in [5.41, 5.74) is 0. The van der Waals surface area contributed by atoms with E-state index in [0.29, 0.717) is 38.5 Å². The van der Waals surface area contributed by atoms with Crippen molar-refractivity contribution in [3.05, 3.63) is 0 Å². The fourth-order valence-corrected chi connectivity index (χ4v) is 7.45. The molecule has 0 aromatic rings. The van der Waals surface area contributed by atoms with Gasteiger partial charge in [-0.3, -0.25) is 14.4 Å². The Morgan fingerprint density at radius 1 is 0.356 bits per heavy atom. The monoisotopic (exact) mass is 843 g/mol. The molecule has 10 heteroatoms. The smallest absolute Gasteiger partial charge is 0.306 e. The molecule has 0 aliphatic carbocycles. The van der Waals surface area contributed by atoms with Crippen LogP contribution < -0.4 is 0 Å². The molecule has 0 fully saturated rings. The zero-order chi connectivity index (χ0) is 43.6. The van der Waals surface area contributed by atoms with Crippen molar-refractivity contribution in [2.24, 2.45) is 0 Å². The van der Waals surface area contributed by atoms with Crippen molar-refractivity contribution in [3.63, 3.8) is 0 Å². The molecule has 350 valence electrons. The Morgan fingerprint density at radius 3 is 0.949 bits per heavy atom. The standard InChI is InChI=1S/C49H94O10/c1-4-7-9-11-12-13-14-15-16-17-18-19-25-33-39-49(56)59-42(40-57-47(54)37-31-26-20-23-29-34-44(51)43(50)6-3)41-58-48(55)38-32-27-21-24-30-36-46(53)45(52)35-28-22-10-8-5-2/h42-46,50-53H,4-41H2,1-3H3. The number of carbonyl (C=O) groups is 3. The van der Waals surface area contributed by atoms with Crippen molar-refractivity contribution in [3.8, 4) is 0 Å². The fraction of sp³-hybridized carbons (Fsp3) is 0.939. The van der Waals surface area contributed by atoms with Crippen LogP contribution in [0.15, 0.2) is 0 Å². The lowest BCUT2D eigenvalue weighted by Gasteiger charge is -2.18. The fourth-order valence-electron chi connectivity index (χ4n) is 7.45. The average molecular weight is 843 g/mol. The first-order valence-corrected chi connectivity index (χ1v) is 24.9. The Kier molecular flexibility index (Phi) is 41.6. The Morgan fingerprint density at radius 2 is 0.627 bits per heavy atom. The van der Waals surface area contributed by atoms with Crippen LogP contribution in [0.3, 0.4) is 0 Å². The van der Waals surface area contributed by atoms with Gasteiger partial charge < -0.3 is 34.6 Å². The number of aliphatic hydroxyl groups is 4. The maximum absolute atomic E-state index is 12.8. The summed E-state index contributed by atoms with van der Waals surface area (Å²) in [6.45, 7) is 5.96. The molecule has 0 aromatic heterocycles. The van der Waals surface area contributed by atoms with Gasteiger partial charge in [-0.05, 0) is 44.9 Å². The summed E-state index contributed by atoms with van der Waals surface area (Å²) in [6, 6.07) is 0. The zero-order valence-electron chi connectivity index (χ0n) is 38.5. The molecule has 0 amide bonds. The summed E-state index contributed by atoms with van der Waals surface area (Å²) in [5.74, 6) is -1.13. The van der Waals surface area contributed by atoms with E-state index in [4.69, 9.17) is 14.2 Å². The quantitative estimate of drug-likeness (QED) is 0.0264. The van der Waals surface area contributed by atoms with Crippen LogP contribution in [0.4, 0.5) is 0 Å². The first-order chi connectivity index (χ1) is 28.6. The van der Waals surface area contributed by atoms with Crippen LogP contribution in [0.1, 0.15) is 252 Å². The first kappa shape index (κ1) is 57.2. The number of rotatable bonds is 45. The van der Waals surface area contributed by atoms with Gasteiger partial charge in [0.05, 0.1) is 24.4 Å². The van der Waals surface area contributed by atoms with Gasteiger partial charge in [-0.15, -0.1) is 0 Å². The summed E-state index contributed by atoms with van der Waals surface area (Å²) in [6.07, 6.45) is 30.8. The molecule has 0 radical (unpaired) electrons. The molecule has 59 heavy (non-hydrogen) atoms. The van der Waals surface area contributed by atoms with E-state index in [-0.39, 0.29) is 50.4 Å². The Hall–Kier alpha value is -1.75. The lowest BCUT2D eigenvalue weighted by atomic mass is 10.00. The van der Waals surface area contributed by atoms with Gasteiger partial charge >= 0.3 is 17.9 Å². The SMILES string of the molecule is CCCCCCCCCCCCCCCCC(=O)OC(COC(=O)CCCCCCCC(O)C(O)CC)COC(=O)CCCCCCCC(O)C(O)CCCCCCC. The molecule has 0 spiro atoms. The topological polar surface area (TPSA) is 160 Å². The van der Waals surface area contributed by atoms with Gasteiger partial charge in [-0.1, -0.05) is 188 Å². The van der Waals surface area contributed by atoms with Crippen LogP contribution in [-0.4, -0.2) is 82.1 Å². The van der Waals surface area contributed by atoms with Gasteiger partial charge in [-0.25, -0.2) is 0 Å². The molecule has 0 saturated heterocycles. The number of unbranched alkanes of at least 4 members (excludes halogenated alkanes) is 25. The Balaban J connectivity index is 4.46. The van der Waals surface area contributed by atoms with Crippen LogP contribution in [0, 0.1) is 0 Å². The number of esters is 3. The molecule has 4 N–H and O–H groups in total. The Bertz CT molecular complexity index is 946. The summed E-state index contributed by atoms with van der Waals surface area (Å²) < 4.78 is 16.6. The lowest BCUT2D eigenvalue weighted by Crippen LogP contribution is -2.30. The third-order valence-corrected chi connectivity index (χ3v) is 11.6. The molecule has 0 aliphatic heterocycles. The van der Waals surface area contributed by atoms with Crippen molar-refractivity contribution in [1.29, 1.82) is 0 Å². The number of carbonyl (C=O) groups excluding carboxylic acids is 3. The van der Waals surface area contributed by atoms with Crippen LogP contribution in [0.25, 0.3) is 0 Å². The van der Waals surface area contributed by atoms with Crippen LogP contribution in [0.5, 0.6) is 0 Å². The van der Waals surface area contributed by atoms with E-state index < -0.39 is 30.5 Å². The van der Waals surface area contributed by atoms with E-state index in [1.807, 2.05) is 6.92 Å². The van der Waals surface area contributed by atoms with Gasteiger partial charge in [-0.2, -0.15) is 0 Å². The largest absolute Gasteiger partial charge is 0.462 e.